The molecule has 80 valence electrons. The normalized spacial score (nSPS) is 9.69. The van der Waals surface area contributed by atoms with E-state index < -0.39 is 0 Å². The number of nitrogens with zero attached hydrogens (tertiary/aromatic N) is 1. The van der Waals surface area contributed by atoms with Crippen molar-refractivity contribution >= 4 is 5.69 Å². The van der Waals surface area contributed by atoms with Gasteiger partial charge in [-0.1, -0.05) is 0 Å². The summed E-state index contributed by atoms with van der Waals surface area (Å²) in [6, 6.07) is 10.5. The molecule has 0 aliphatic carbocycles. The summed E-state index contributed by atoms with van der Waals surface area (Å²) < 4.78 is 10.6. The third-order valence-corrected chi connectivity index (χ3v) is 2.09. The highest BCUT2D eigenvalue weighted by atomic mass is 16.5. The Balaban J connectivity index is 2.12. The predicted octanol–water partition coefficient (Wildman–Crippen LogP) is 2.31. The zero-order valence-electron chi connectivity index (χ0n) is 8.51. The van der Waals surface area contributed by atoms with E-state index in [0.717, 1.165) is 0 Å². The van der Waals surface area contributed by atoms with Crippen LogP contribution in [0.25, 0.3) is 0 Å². The van der Waals surface area contributed by atoms with Gasteiger partial charge < -0.3 is 14.9 Å². The van der Waals surface area contributed by atoms with Gasteiger partial charge in [0.15, 0.2) is 0 Å². The highest BCUT2D eigenvalue weighted by molar-refractivity contribution is 5.56. The third kappa shape index (κ3) is 2.15. The fourth-order valence-electron chi connectivity index (χ4n) is 1.27. The van der Waals surface area contributed by atoms with Crippen LogP contribution in [0.5, 0.6) is 5.75 Å². The molecule has 0 saturated carbocycles. The maximum atomic E-state index is 8.74. The molecule has 0 radical (unpaired) electrons. The summed E-state index contributed by atoms with van der Waals surface area (Å²) in [5.74, 6) is 1.21. The number of nitriles is 1. The van der Waals surface area contributed by atoms with Gasteiger partial charge in [0.05, 0.1) is 23.6 Å². The molecule has 4 nitrogen and oxygen atoms in total. The van der Waals surface area contributed by atoms with E-state index in [4.69, 9.17) is 20.1 Å². The first-order valence-electron chi connectivity index (χ1n) is 4.74. The topological polar surface area (TPSA) is 72.2 Å². The number of rotatable bonds is 3. The molecule has 2 aromatic rings. The van der Waals surface area contributed by atoms with Crippen molar-refractivity contribution in [3.63, 3.8) is 0 Å². The summed E-state index contributed by atoms with van der Waals surface area (Å²) >= 11 is 0. The Hall–Kier alpha value is -2.41. The van der Waals surface area contributed by atoms with Gasteiger partial charge in [0.2, 0.25) is 0 Å². The number of ether oxygens (including phenoxy) is 1. The minimum atomic E-state index is 0.298. The molecule has 2 rings (SSSR count). The molecule has 16 heavy (non-hydrogen) atoms. The second-order valence-electron chi connectivity index (χ2n) is 3.23. The Morgan fingerprint density at radius 2 is 2.25 bits per heavy atom. The van der Waals surface area contributed by atoms with Crippen molar-refractivity contribution in [1.29, 1.82) is 5.26 Å². The van der Waals surface area contributed by atoms with Crippen LogP contribution in [0, 0.1) is 11.3 Å². The number of hydrogen-bond acceptors (Lipinski definition) is 4. The average Bonchev–Trinajstić information content (AvgIpc) is 2.81. The molecule has 0 unspecified atom stereocenters. The van der Waals surface area contributed by atoms with Crippen molar-refractivity contribution in [2.75, 3.05) is 5.73 Å². The van der Waals surface area contributed by atoms with E-state index in [1.165, 1.54) is 0 Å². The van der Waals surface area contributed by atoms with Gasteiger partial charge in [-0.15, -0.1) is 0 Å². The van der Waals surface area contributed by atoms with Crippen LogP contribution in [0.3, 0.4) is 0 Å². The molecule has 0 aliphatic rings. The van der Waals surface area contributed by atoms with Gasteiger partial charge in [0.25, 0.3) is 0 Å². The van der Waals surface area contributed by atoms with Crippen molar-refractivity contribution in [1.82, 2.24) is 0 Å². The summed E-state index contributed by atoms with van der Waals surface area (Å²) in [6.45, 7) is 0.298. The molecule has 2 N–H and O–H groups in total. The van der Waals surface area contributed by atoms with Crippen LogP contribution in [-0.4, -0.2) is 0 Å². The zero-order valence-corrected chi connectivity index (χ0v) is 8.51. The molecular formula is C12H10N2O2. The fraction of sp³-hybridized carbons (Fsp3) is 0.0833. The Bertz CT molecular complexity index is 512. The lowest BCUT2D eigenvalue weighted by molar-refractivity contribution is 0.271. The Kier molecular flexibility index (Phi) is 2.79. The predicted molar refractivity (Wildman–Crippen MR) is 58.6 cm³/mol. The van der Waals surface area contributed by atoms with Gasteiger partial charge in [-0.05, 0) is 24.3 Å². The lowest BCUT2D eigenvalue weighted by atomic mass is 10.2. The largest absolute Gasteiger partial charge is 0.483 e. The number of furan rings is 1. The van der Waals surface area contributed by atoms with E-state index in [2.05, 4.69) is 0 Å². The standard InChI is InChI=1S/C12H10N2O2/c13-7-9-3-4-11(14)12(6-9)16-8-10-2-1-5-15-10/h1-6H,8,14H2. The quantitative estimate of drug-likeness (QED) is 0.796. The van der Waals surface area contributed by atoms with E-state index in [1.54, 1.807) is 30.5 Å². The molecule has 0 amide bonds. The molecule has 1 aromatic carbocycles. The molecular weight excluding hydrogens is 204 g/mol. The second-order valence-corrected chi connectivity index (χ2v) is 3.23. The van der Waals surface area contributed by atoms with E-state index in [-0.39, 0.29) is 0 Å². The minimum Gasteiger partial charge on any atom is -0.483 e. The molecule has 0 aliphatic heterocycles. The molecule has 0 atom stereocenters. The highest BCUT2D eigenvalue weighted by Crippen LogP contribution is 2.23. The molecule has 0 fully saturated rings. The number of nitrogen functional groups attached to an aromatic ring is 1. The van der Waals surface area contributed by atoms with E-state index in [0.29, 0.717) is 29.4 Å². The van der Waals surface area contributed by atoms with Crippen LogP contribution in [0.1, 0.15) is 11.3 Å². The first-order chi connectivity index (χ1) is 7.79. The van der Waals surface area contributed by atoms with E-state index >= 15 is 0 Å². The van der Waals surface area contributed by atoms with Crippen molar-refractivity contribution in [2.45, 2.75) is 6.61 Å². The highest BCUT2D eigenvalue weighted by Gasteiger charge is 2.03. The Morgan fingerprint density at radius 1 is 1.38 bits per heavy atom. The second kappa shape index (κ2) is 4.41. The number of nitrogens with two attached hydrogens (primary N) is 1. The summed E-state index contributed by atoms with van der Waals surface area (Å²) in [7, 11) is 0. The Labute approximate surface area is 92.9 Å². The molecule has 0 spiro atoms. The third-order valence-electron chi connectivity index (χ3n) is 2.09. The molecule has 1 aromatic heterocycles. The van der Waals surface area contributed by atoms with Crippen molar-refractivity contribution in [2.24, 2.45) is 0 Å². The van der Waals surface area contributed by atoms with E-state index in [9.17, 15) is 0 Å². The monoisotopic (exact) mass is 214 g/mol. The summed E-state index contributed by atoms with van der Waals surface area (Å²) in [5, 5.41) is 8.74. The average molecular weight is 214 g/mol. The first kappa shape index (κ1) is 10.1. The molecule has 0 saturated heterocycles. The van der Waals surface area contributed by atoms with Crippen molar-refractivity contribution in [3.05, 3.63) is 47.9 Å². The van der Waals surface area contributed by atoms with Crippen LogP contribution in [-0.2, 0) is 6.61 Å². The molecule has 1 heterocycles. The first-order valence-corrected chi connectivity index (χ1v) is 4.74. The lowest BCUT2D eigenvalue weighted by Gasteiger charge is -2.07. The van der Waals surface area contributed by atoms with Gasteiger partial charge >= 0.3 is 0 Å². The fourth-order valence-corrected chi connectivity index (χ4v) is 1.27. The van der Waals surface area contributed by atoms with Gasteiger partial charge in [-0.3, -0.25) is 0 Å². The SMILES string of the molecule is N#Cc1ccc(N)c(OCc2ccco2)c1. The van der Waals surface area contributed by atoms with Crippen molar-refractivity contribution < 1.29 is 9.15 Å². The van der Waals surface area contributed by atoms with E-state index in [1.807, 2.05) is 12.1 Å². The van der Waals surface area contributed by atoms with Crippen molar-refractivity contribution in [3.8, 4) is 11.8 Å². The van der Waals surface area contributed by atoms with Crippen LogP contribution in [0.4, 0.5) is 5.69 Å². The van der Waals surface area contributed by atoms with Gasteiger partial charge in [-0.2, -0.15) is 5.26 Å². The smallest absolute Gasteiger partial charge is 0.146 e. The summed E-state index contributed by atoms with van der Waals surface area (Å²) in [4.78, 5) is 0. The van der Waals surface area contributed by atoms with Crippen LogP contribution in [0.15, 0.2) is 41.0 Å². The van der Waals surface area contributed by atoms with Gasteiger partial charge in [-0.25, -0.2) is 0 Å². The summed E-state index contributed by atoms with van der Waals surface area (Å²) in [5.41, 5.74) is 6.74. The molecule has 4 heteroatoms. The summed E-state index contributed by atoms with van der Waals surface area (Å²) in [6.07, 6.45) is 1.58. The number of anilines is 1. The van der Waals surface area contributed by atoms with Crippen LogP contribution < -0.4 is 10.5 Å². The maximum absolute atomic E-state index is 8.74. The number of hydrogen-bond donors (Lipinski definition) is 1. The Morgan fingerprint density at radius 3 is 2.94 bits per heavy atom. The lowest BCUT2D eigenvalue weighted by Crippen LogP contribution is -1.98. The number of benzene rings is 1. The van der Waals surface area contributed by atoms with Crippen LogP contribution >= 0.6 is 0 Å². The maximum Gasteiger partial charge on any atom is 0.146 e. The molecule has 0 bridgehead atoms. The minimum absolute atomic E-state index is 0.298. The van der Waals surface area contributed by atoms with Crippen LogP contribution in [0.2, 0.25) is 0 Å². The van der Waals surface area contributed by atoms with Gasteiger partial charge in [0, 0.05) is 6.07 Å². The zero-order chi connectivity index (χ0) is 11.4. The van der Waals surface area contributed by atoms with Gasteiger partial charge in [0.1, 0.15) is 18.1 Å².